The number of unbranched alkanes of at least 4 members (excludes halogenated alkanes) is 9. The molecule has 0 bridgehead atoms. The Kier molecular flexibility index (Phi) is 26.1. The molecule has 18 nitrogen and oxygen atoms in total. The van der Waals surface area contributed by atoms with Gasteiger partial charge in [-0.2, -0.15) is 0 Å². The highest BCUT2D eigenvalue weighted by molar-refractivity contribution is 5.91. The van der Waals surface area contributed by atoms with Crippen molar-refractivity contribution < 1.29 is 81.7 Å². The lowest BCUT2D eigenvalue weighted by molar-refractivity contribution is -0.308. The summed E-state index contributed by atoms with van der Waals surface area (Å²) in [4.78, 5) is 90.3. The molecular weight excluding hydrogens is 923 g/mol. The van der Waals surface area contributed by atoms with Crippen LogP contribution < -0.4 is 5.32 Å². The summed E-state index contributed by atoms with van der Waals surface area (Å²) in [6, 6.07) is 22.8. The molecule has 0 aliphatic carbocycles. The Labute approximate surface area is 414 Å². The molecular formula is C53H67NO17. The SMILES string of the molecule is CCCCCCC=C[C@@H](OC(=O)c1ccccc1)[C@H](CO[C@H]1O[C@H](COCC(=O)O)[C@H](OCC(=O)O)[C@H](OC(=O)c2ccccc2)[C@H]1OC(=O)c1ccccc1)NC(=O)CCCCCCCCC(=O)OC. The number of carboxylic acids is 2. The number of allylic oxidation sites excluding steroid dienone is 1. The van der Waals surface area contributed by atoms with Crippen LogP contribution in [-0.4, -0.2) is 128 Å². The van der Waals surface area contributed by atoms with Crippen molar-refractivity contribution in [2.45, 2.75) is 133 Å². The molecule has 1 amide bonds. The minimum absolute atomic E-state index is 0.0751. The molecule has 1 saturated heterocycles. The van der Waals surface area contributed by atoms with Crippen molar-refractivity contribution in [1.82, 2.24) is 5.32 Å². The number of methoxy groups -OCH3 is 1. The van der Waals surface area contributed by atoms with Crippen molar-refractivity contribution in [1.29, 1.82) is 0 Å². The maximum Gasteiger partial charge on any atom is 0.338 e. The summed E-state index contributed by atoms with van der Waals surface area (Å²) < 4.78 is 46.9. The molecule has 0 radical (unpaired) electrons. The van der Waals surface area contributed by atoms with Gasteiger partial charge in [-0.1, -0.05) is 113 Å². The molecule has 0 spiro atoms. The van der Waals surface area contributed by atoms with E-state index in [1.165, 1.54) is 31.4 Å². The predicted octanol–water partition coefficient (Wildman–Crippen LogP) is 7.28. The first-order valence-corrected chi connectivity index (χ1v) is 24.1. The molecule has 0 saturated carbocycles. The zero-order valence-corrected chi connectivity index (χ0v) is 40.4. The number of esters is 4. The lowest BCUT2D eigenvalue weighted by Crippen LogP contribution is -2.63. The van der Waals surface area contributed by atoms with Crippen molar-refractivity contribution >= 4 is 41.7 Å². The van der Waals surface area contributed by atoms with E-state index < -0.39 is 105 Å². The van der Waals surface area contributed by atoms with E-state index in [-0.39, 0.29) is 29.1 Å². The Morgan fingerprint density at radius 3 is 1.73 bits per heavy atom. The van der Waals surface area contributed by atoms with Gasteiger partial charge in [-0.15, -0.1) is 0 Å². The van der Waals surface area contributed by atoms with Gasteiger partial charge in [-0.05, 0) is 68.2 Å². The number of hydrogen-bond donors (Lipinski definition) is 3. The zero-order chi connectivity index (χ0) is 51.2. The van der Waals surface area contributed by atoms with Gasteiger partial charge in [0.2, 0.25) is 5.91 Å². The van der Waals surface area contributed by atoms with Gasteiger partial charge in [0.25, 0.3) is 0 Å². The molecule has 0 unspecified atom stereocenters. The molecule has 71 heavy (non-hydrogen) atoms. The van der Waals surface area contributed by atoms with Gasteiger partial charge in [-0.3, -0.25) is 9.59 Å². The smallest absolute Gasteiger partial charge is 0.338 e. The van der Waals surface area contributed by atoms with Gasteiger partial charge in [-0.25, -0.2) is 24.0 Å². The number of carboxylic acid groups (broad SMARTS) is 2. The summed E-state index contributed by atoms with van der Waals surface area (Å²) in [5, 5.41) is 22.1. The summed E-state index contributed by atoms with van der Waals surface area (Å²) in [7, 11) is 1.35. The van der Waals surface area contributed by atoms with Crippen molar-refractivity contribution in [3.05, 3.63) is 120 Å². The third kappa shape index (κ3) is 21.2. The monoisotopic (exact) mass is 989 g/mol. The van der Waals surface area contributed by atoms with Crippen LogP contribution in [0.3, 0.4) is 0 Å². The normalized spacial score (nSPS) is 18.4. The second-order valence-corrected chi connectivity index (χ2v) is 16.8. The molecule has 1 fully saturated rings. The summed E-state index contributed by atoms with van der Waals surface area (Å²) in [6.45, 7) is -0.690. The quantitative estimate of drug-likeness (QED) is 0.0235. The van der Waals surface area contributed by atoms with Gasteiger partial charge < -0.3 is 53.4 Å². The molecule has 0 aromatic heterocycles. The van der Waals surface area contributed by atoms with E-state index >= 15 is 0 Å². The molecule has 3 N–H and O–H groups in total. The number of nitrogens with one attached hydrogen (secondary N) is 1. The van der Waals surface area contributed by atoms with E-state index in [0.29, 0.717) is 25.7 Å². The molecule has 18 heteroatoms. The number of rotatable bonds is 33. The number of carbonyl (C=O) groups is 7. The van der Waals surface area contributed by atoms with Crippen LogP contribution in [-0.2, 0) is 57.1 Å². The Morgan fingerprint density at radius 1 is 0.634 bits per heavy atom. The Morgan fingerprint density at radius 2 is 1.17 bits per heavy atom. The largest absolute Gasteiger partial charge is 0.480 e. The first-order chi connectivity index (χ1) is 34.4. The van der Waals surface area contributed by atoms with E-state index in [4.69, 9.17) is 37.9 Å². The summed E-state index contributed by atoms with van der Waals surface area (Å²) >= 11 is 0. The van der Waals surface area contributed by atoms with Crippen molar-refractivity contribution in [2.75, 3.05) is 33.5 Å². The first-order valence-electron chi connectivity index (χ1n) is 24.1. The Hall–Kier alpha value is -6.47. The van der Waals surface area contributed by atoms with Gasteiger partial charge >= 0.3 is 35.8 Å². The average Bonchev–Trinajstić information content (AvgIpc) is 3.37. The van der Waals surface area contributed by atoms with Crippen LogP contribution >= 0.6 is 0 Å². The van der Waals surface area contributed by atoms with Crippen LogP contribution in [0.25, 0.3) is 0 Å². The van der Waals surface area contributed by atoms with Crippen molar-refractivity contribution in [3.8, 4) is 0 Å². The highest BCUT2D eigenvalue weighted by Crippen LogP contribution is 2.31. The van der Waals surface area contributed by atoms with Crippen LogP contribution in [0, 0.1) is 0 Å². The van der Waals surface area contributed by atoms with E-state index in [9.17, 15) is 43.8 Å². The molecule has 7 atom stereocenters. The van der Waals surface area contributed by atoms with Gasteiger partial charge in [0.1, 0.15) is 31.5 Å². The highest BCUT2D eigenvalue weighted by atomic mass is 16.7. The molecule has 1 aliphatic rings. The van der Waals surface area contributed by atoms with E-state index in [0.717, 1.165) is 51.4 Å². The van der Waals surface area contributed by atoms with Gasteiger partial charge in [0.05, 0.1) is 43.1 Å². The number of hydrogen-bond acceptors (Lipinski definition) is 15. The maximum atomic E-state index is 13.9. The van der Waals surface area contributed by atoms with Gasteiger partial charge in [0.15, 0.2) is 18.5 Å². The van der Waals surface area contributed by atoms with E-state index in [1.807, 2.05) is 6.08 Å². The predicted molar refractivity (Wildman–Crippen MR) is 256 cm³/mol. The molecule has 4 rings (SSSR count). The van der Waals surface area contributed by atoms with Gasteiger partial charge in [0, 0.05) is 12.8 Å². The number of benzene rings is 3. The lowest BCUT2D eigenvalue weighted by atomic mass is 9.97. The highest BCUT2D eigenvalue weighted by Gasteiger charge is 2.52. The maximum absolute atomic E-state index is 13.9. The zero-order valence-electron chi connectivity index (χ0n) is 40.4. The molecule has 1 aliphatic heterocycles. The topological polar surface area (TPSA) is 246 Å². The number of aliphatic carboxylic acids is 2. The van der Waals surface area contributed by atoms with Crippen LogP contribution in [0.2, 0.25) is 0 Å². The van der Waals surface area contributed by atoms with Crippen LogP contribution in [0.4, 0.5) is 0 Å². The molecule has 3 aromatic rings. The van der Waals surface area contributed by atoms with E-state index in [2.05, 4.69) is 12.2 Å². The fourth-order valence-corrected chi connectivity index (χ4v) is 7.57. The minimum atomic E-state index is -1.71. The third-order valence-corrected chi connectivity index (χ3v) is 11.3. The molecule has 1 heterocycles. The number of amides is 1. The second kappa shape index (κ2) is 32.4. The average molecular weight is 990 g/mol. The summed E-state index contributed by atoms with van der Waals surface area (Å²) in [5.41, 5.74) is 0.401. The Balaban J connectivity index is 1.73. The first kappa shape index (κ1) is 57.1. The lowest BCUT2D eigenvalue weighted by Gasteiger charge is -2.45. The summed E-state index contributed by atoms with van der Waals surface area (Å²) in [5.74, 6) is -5.93. The fraction of sp³-hybridized carbons (Fsp3) is 0.491. The second-order valence-electron chi connectivity index (χ2n) is 16.8. The molecule has 3 aromatic carbocycles. The van der Waals surface area contributed by atoms with Crippen LogP contribution in [0.5, 0.6) is 0 Å². The number of ether oxygens (including phenoxy) is 8. The molecule has 386 valence electrons. The summed E-state index contributed by atoms with van der Waals surface area (Å²) in [6.07, 6.45) is 3.71. The standard InChI is InChI=1S/C53H67NO17/c1-3-4-5-6-9-21-30-41(68-50(61)37-24-15-12-16-25-37)40(54-43(55)31-22-10-7-8-11-23-32-46(60)64-2)33-67-53-49(71-52(63)39-28-19-14-20-29-39)48(70-51(62)38-26-17-13-18-27-38)47(66-36-45(58)59)42(69-53)34-65-35-44(56)57/h12-21,24-30,40-42,47-49,53H,3-11,22-23,31-36H2,1-2H3,(H,54,55)(H,56,57)(H,58,59)/t40-,41+,42+,47-,48-,49+,53-/m0/s1. The fourth-order valence-electron chi connectivity index (χ4n) is 7.57. The van der Waals surface area contributed by atoms with Crippen molar-refractivity contribution in [3.63, 3.8) is 0 Å². The van der Waals surface area contributed by atoms with E-state index in [1.54, 1.807) is 72.8 Å². The van der Waals surface area contributed by atoms with Crippen molar-refractivity contribution in [2.24, 2.45) is 0 Å². The van der Waals surface area contributed by atoms with Crippen LogP contribution in [0.15, 0.2) is 103 Å². The van der Waals surface area contributed by atoms with Crippen LogP contribution in [0.1, 0.15) is 121 Å². The Bertz CT molecular complexity index is 2120. The number of carbonyl (C=O) groups excluding carboxylic acids is 5. The minimum Gasteiger partial charge on any atom is -0.480 e. The third-order valence-electron chi connectivity index (χ3n) is 11.3.